The van der Waals surface area contributed by atoms with Crippen LogP contribution in [0, 0.1) is 6.92 Å². The second-order valence-corrected chi connectivity index (χ2v) is 8.82. The Hall–Kier alpha value is -4.39. The number of amides is 1. The summed E-state index contributed by atoms with van der Waals surface area (Å²) in [7, 11) is 1.58. The predicted octanol–water partition coefficient (Wildman–Crippen LogP) is 6.16. The molecule has 0 aliphatic carbocycles. The zero-order valence-electron chi connectivity index (χ0n) is 21.0. The van der Waals surface area contributed by atoms with Crippen LogP contribution in [0.3, 0.4) is 0 Å². The Morgan fingerprint density at radius 1 is 0.917 bits per heavy atom. The first kappa shape index (κ1) is 24.7. The number of ether oxygens (including phenoxy) is 2. The van der Waals surface area contributed by atoms with Gasteiger partial charge in [-0.25, -0.2) is 0 Å². The average Bonchev–Trinajstić information content (AvgIpc) is 3.23. The molecule has 1 aromatic heterocycles. The number of carbonyl (C=O) groups is 2. The summed E-state index contributed by atoms with van der Waals surface area (Å²) in [5.41, 5.74) is 5.47. The van der Waals surface area contributed by atoms with Crippen molar-refractivity contribution in [3.05, 3.63) is 89.6 Å². The van der Waals surface area contributed by atoms with Crippen LogP contribution in [-0.4, -0.2) is 28.8 Å². The van der Waals surface area contributed by atoms with Crippen LogP contribution >= 0.6 is 0 Å². The number of aromatic nitrogens is 2. The molecule has 7 heteroatoms. The number of hydrogen-bond donors (Lipinski definition) is 1. The van der Waals surface area contributed by atoms with Gasteiger partial charge in [0.25, 0.3) is 5.91 Å². The fourth-order valence-electron chi connectivity index (χ4n) is 3.85. The lowest BCUT2D eigenvalue weighted by molar-refractivity contribution is -0.132. The lowest BCUT2D eigenvalue weighted by Gasteiger charge is -2.11. The molecule has 0 spiro atoms. The number of rotatable bonds is 7. The quantitative estimate of drug-likeness (QED) is 0.319. The third-order valence-corrected chi connectivity index (χ3v) is 5.72. The van der Waals surface area contributed by atoms with Crippen molar-refractivity contribution in [2.24, 2.45) is 0 Å². The third kappa shape index (κ3) is 5.30. The fraction of sp³-hybridized carbons (Fsp3) is 0.207. The van der Waals surface area contributed by atoms with Crippen LogP contribution in [0.25, 0.3) is 16.8 Å². The molecule has 0 atom stereocenters. The van der Waals surface area contributed by atoms with Gasteiger partial charge in [-0.15, -0.1) is 0 Å². The maximum Gasteiger partial charge on any atom is 0.309 e. The van der Waals surface area contributed by atoms with E-state index in [1.54, 1.807) is 36.1 Å². The number of aryl methyl sites for hydroxylation is 1. The average molecular weight is 484 g/mol. The van der Waals surface area contributed by atoms with Crippen molar-refractivity contribution in [1.29, 1.82) is 0 Å². The van der Waals surface area contributed by atoms with Crippen molar-refractivity contribution in [3.63, 3.8) is 0 Å². The number of nitrogens with zero attached hydrogens (tertiary/aromatic N) is 2. The van der Waals surface area contributed by atoms with Crippen molar-refractivity contribution in [1.82, 2.24) is 9.78 Å². The minimum atomic E-state index is -0.428. The summed E-state index contributed by atoms with van der Waals surface area (Å²) in [6.07, 6.45) is 0. The van der Waals surface area contributed by atoms with Gasteiger partial charge < -0.3 is 14.8 Å². The molecule has 3 aromatic carbocycles. The van der Waals surface area contributed by atoms with E-state index in [4.69, 9.17) is 14.6 Å². The molecule has 0 aliphatic rings. The summed E-state index contributed by atoms with van der Waals surface area (Å²) >= 11 is 0. The normalized spacial score (nSPS) is 10.8. The van der Waals surface area contributed by atoms with Crippen LogP contribution in [0.15, 0.2) is 72.8 Å². The lowest BCUT2D eigenvalue weighted by atomic mass is 9.99. The van der Waals surface area contributed by atoms with Gasteiger partial charge in [-0.2, -0.15) is 9.78 Å². The second-order valence-electron chi connectivity index (χ2n) is 8.82. The summed E-state index contributed by atoms with van der Waals surface area (Å²) in [5, 5.41) is 7.73. The smallest absolute Gasteiger partial charge is 0.309 e. The highest BCUT2D eigenvalue weighted by molar-refractivity contribution is 6.04. The number of nitrogens with one attached hydrogen (secondary N) is 1. The van der Waals surface area contributed by atoms with E-state index < -0.39 is 5.97 Å². The third-order valence-electron chi connectivity index (χ3n) is 5.72. The molecule has 0 unspecified atom stereocenters. The van der Waals surface area contributed by atoms with Crippen LogP contribution in [0.2, 0.25) is 0 Å². The zero-order chi connectivity index (χ0) is 25.8. The minimum Gasteiger partial charge on any atom is -0.497 e. The summed E-state index contributed by atoms with van der Waals surface area (Å²) in [4.78, 5) is 24.7. The SMILES string of the molecule is COc1ccc(C(=O)Nc2ccc(-c3c(C(C)C)nn(-c4ccc(C)cc4)c3OC(C)=O)cc2)cc1. The Labute approximate surface area is 210 Å². The number of methoxy groups -OCH3 is 1. The van der Waals surface area contributed by atoms with Gasteiger partial charge in [0, 0.05) is 18.2 Å². The van der Waals surface area contributed by atoms with Crippen LogP contribution < -0.4 is 14.8 Å². The highest BCUT2D eigenvalue weighted by Gasteiger charge is 2.25. The van der Waals surface area contributed by atoms with Gasteiger partial charge in [0.05, 0.1) is 24.1 Å². The van der Waals surface area contributed by atoms with Crippen LogP contribution in [0.1, 0.15) is 48.3 Å². The van der Waals surface area contributed by atoms with E-state index in [1.807, 2.05) is 69.3 Å². The predicted molar refractivity (Wildman–Crippen MR) is 140 cm³/mol. The Balaban J connectivity index is 1.69. The molecule has 0 saturated carbocycles. The molecule has 1 N–H and O–H groups in total. The first-order valence-electron chi connectivity index (χ1n) is 11.7. The molecule has 7 nitrogen and oxygen atoms in total. The largest absolute Gasteiger partial charge is 0.497 e. The Kier molecular flexibility index (Phi) is 7.20. The molecule has 36 heavy (non-hydrogen) atoms. The molecule has 0 bridgehead atoms. The highest BCUT2D eigenvalue weighted by Crippen LogP contribution is 2.39. The van der Waals surface area contributed by atoms with Gasteiger partial charge in [-0.1, -0.05) is 43.7 Å². The van der Waals surface area contributed by atoms with E-state index >= 15 is 0 Å². The Morgan fingerprint density at radius 2 is 1.56 bits per heavy atom. The van der Waals surface area contributed by atoms with E-state index in [9.17, 15) is 9.59 Å². The second kappa shape index (κ2) is 10.5. The standard InChI is InChI=1S/C29H29N3O4/c1-18(2)27-26(29(36-20(4)33)32(31-27)24-14-6-19(3)7-15-24)21-8-12-23(13-9-21)30-28(34)22-10-16-25(35-5)17-11-22/h6-18H,1-5H3,(H,30,34). The van der Waals surface area contributed by atoms with Gasteiger partial charge in [0.1, 0.15) is 5.75 Å². The summed E-state index contributed by atoms with van der Waals surface area (Å²) in [5.74, 6) is 0.483. The maximum absolute atomic E-state index is 12.6. The van der Waals surface area contributed by atoms with E-state index in [1.165, 1.54) is 6.92 Å². The van der Waals surface area contributed by atoms with Crippen molar-refractivity contribution in [2.75, 3.05) is 12.4 Å². The van der Waals surface area contributed by atoms with Crippen molar-refractivity contribution in [2.45, 2.75) is 33.6 Å². The molecule has 0 fully saturated rings. The van der Waals surface area contributed by atoms with Crippen molar-refractivity contribution >= 4 is 17.6 Å². The number of carbonyl (C=O) groups excluding carboxylic acids is 2. The Bertz CT molecular complexity index is 1370. The van der Waals surface area contributed by atoms with Gasteiger partial charge in [-0.3, -0.25) is 9.59 Å². The molecule has 0 aliphatic heterocycles. The monoisotopic (exact) mass is 483 g/mol. The van der Waals surface area contributed by atoms with Crippen LogP contribution in [0.4, 0.5) is 5.69 Å². The number of anilines is 1. The van der Waals surface area contributed by atoms with Gasteiger partial charge >= 0.3 is 5.97 Å². The maximum atomic E-state index is 12.6. The molecular formula is C29H29N3O4. The molecule has 0 radical (unpaired) electrons. The van der Waals surface area contributed by atoms with E-state index in [2.05, 4.69) is 5.32 Å². The Morgan fingerprint density at radius 3 is 2.11 bits per heavy atom. The van der Waals surface area contributed by atoms with E-state index in [-0.39, 0.29) is 11.8 Å². The van der Waals surface area contributed by atoms with Crippen molar-refractivity contribution in [3.8, 4) is 28.4 Å². The molecule has 4 rings (SSSR count). The van der Waals surface area contributed by atoms with Crippen LogP contribution in [0.5, 0.6) is 11.6 Å². The first-order valence-corrected chi connectivity index (χ1v) is 11.7. The number of hydrogen-bond acceptors (Lipinski definition) is 5. The lowest BCUT2D eigenvalue weighted by Crippen LogP contribution is -2.11. The molecule has 4 aromatic rings. The molecule has 184 valence electrons. The van der Waals surface area contributed by atoms with Crippen molar-refractivity contribution < 1.29 is 19.1 Å². The van der Waals surface area contributed by atoms with Gasteiger partial charge in [-0.05, 0) is 66.9 Å². The highest BCUT2D eigenvalue weighted by atomic mass is 16.5. The molecule has 0 saturated heterocycles. The summed E-state index contributed by atoms with van der Waals surface area (Å²) in [6.45, 7) is 7.49. The molecule has 1 amide bonds. The topological polar surface area (TPSA) is 82.4 Å². The fourth-order valence-corrected chi connectivity index (χ4v) is 3.85. The van der Waals surface area contributed by atoms with Crippen LogP contribution in [-0.2, 0) is 4.79 Å². The number of esters is 1. The van der Waals surface area contributed by atoms with Gasteiger partial charge in [0.2, 0.25) is 5.88 Å². The van der Waals surface area contributed by atoms with E-state index in [0.717, 1.165) is 28.1 Å². The summed E-state index contributed by atoms with van der Waals surface area (Å²) < 4.78 is 12.5. The first-order chi connectivity index (χ1) is 17.3. The van der Waals surface area contributed by atoms with Gasteiger partial charge in [0.15, 0.2) is 0 Å². The zero-order valence-corrected chi connectivity index (χ0v) is 21.0. The van der Waals surface area contributed by atoms with E-state index in [0.29, 0.717) is 22.9 Å². The molecular weight excluding hydrogens is 454 g/mol. The minimum absolute atomic E-state index is 0.0791. The summed E-state index contributed by atoms with van der Waals surface area (Å²) in [6, 6.07) is 22.2. The number of benzene rings is 3. The molecule has 1 heterocycles.